The average Bonchev–Trinajstić information content (AvgIpc) is 2.80. The van der Waals surface area contributed by atoms with Crippen molar-refractivity contribution in [3.8, 4) is 11.1 Å². The minimum absolute atomic E-state index is 0.130. The Balaban J connectivity index is 1.78. The lowest BCUT2D eigenvalue weighted by atomic mass is 10.1. The van der Waals surface area contributed by atoms with Crippen LogP contribution in [0, 0.1) is 0 Å². The van der Waals surface area contributed by atoms with Gasteiger partial charge in [-0.2, -0.15) is 0 Å². The Morgan fingerprint density at radius 1 is 1.00 bits per heavy atom. The van der Waals surface area contributed by atoms with Gasteiger partial charge in [0, 0.05) is 49.3 Å². The molecule has 1 aliphatic heterocycles. The number of hydrogen-bond donors (Lipinski definition) is 2. The predicted octanol–water partition coefficient (Wildman–Crippen LogP) is 2.35. The number of benzene rings is 2. The molecule has 4 rings (SSSR count). The Kier molecular flexibility index (Phi) is 6.06. The molecule has 2 heterocycles. The van der Waals surface area contributed by atoms with Crippen molar-refractivity contribution in [2.24, 2.45) is 0 Å². The average molecular weight is 454 g/mol. The molecule has 1 saturated heterocycles. The lowest BCUT2D eigenvalue weighted by Crippen LogP contribution is -2.36. The van der Waals surface area contributed by atoms with Crippen molar-refractivity contribution in [3.63, 3.8) is 0 Å². The first kappa shape index (κ1) is 21.7. The summed E-state index contributed by atoms with van der Waals surface area (Å²) in [6.45, 7) is 3.85. The van der Waals surface area contributed by atoms with E-state index in [2.05, 4.69) is 20.2 Å². The summed E-state index contributed by atoms with van der Waals surface area (Å²) in [6.07, 6.45) is 3.14. The molecule has 166 valence electrons. The minimum Gasteiger partial charge on any atom is -0.378 e. The topological polar surface area (TPSA) is 128 Å². The molecule has 0 atom stereocenters. The quantitative estimate of drug-likeness (QED) is 0.603. The summed E-state index contributed by atoms with van der Waals surface area (Å²) in [5, 5.41) is 2.63. The van der Waals surface area contributed by atoms with Crippen LogP contribution in [0.3, 0.4) is 0 Å². The van der Waals surface area contributed by atoms with Crippen LogP contribution in [0.4, 0.5) is 17.3 Å². The number of morpholine rings is 1. The number of sulfone groups is 1. The molecule has 3 N–H and O–H groups in total. The van der Waals surface area contributed by atoms with Gasteiger partial charge in [-0.3, -0.25) is 4.79 Å². The summed E-state index contributed by atoms with van der Waals surface area (Å²) in [4.78, 5) is 21.7. The normalized spacial score (nSPS) is 14.2. The van der Waals surface area contributed by atoms with E-state index < -0.39 is 9.84 Å². The molecule has 0 unspecified atom stereocenters. The number of rotatable bonds is 5. The second kappa shape index (κ2) is 8.93. The first-order chi connectivity index (χ1) is 15.3. The molecular formula is C22H23N5O4S. The number of hydrogen-bond acceptors (Lipinski definition) is 8. The van der Waals surface area contributed by atoms with E-state index in [0.717, 1.165) is 5.69 Å². The lowest BCUT2D eigenvalue weighted by molar-refractivity contribution is -0.114. The molecule has 1 aromatic heterocycles. The van der Waals surface area contributed by atoms with E-state index >= 15 is 0 Å². The van der Waals surface area contributed by atoms with Gasteiger partial charge in [0.05, 0.1) is 23.0 Å². The van der Waals surface area contributed by atoms with Gasteiger partial charge in [-0.1, -0.05) is 0 Å². The van der Waals surface area contributed by atoms with Crippen LogP contribution in [0.5, 0.6) is 0 Å². The van der Waals surface area contributed by atoms with Gasteiger partial charge in [-0.05, 0) is 48.0 Å². The summed E-state index contributed by atoms with van der Waals surface area (Å²) in [5.41, 5.74) is 8.23. The maximum atomic E-state index is 13.5. The monoisotopic (exact) mass is 453 g/mol. The van der Waals surface area contributed by atoms with Crippen LogP contribution in [0.25, 0.3) is 11.1 Å². The number of aromatic nitrogens is 2. The Labute approximate surface area is 186 Å². The van der Waals surface area contributed by atoms with Crippen LogP contribution < -0.4 is 16.0 Å². The van der Waals surface area contributed by atoms with E-state index in [0.29, 0.717) is 43.1 Å². The molecule has 0 bridgehead atoms. The number of nitrogens with zero attached hydrogens (tertiary/aromatic N) is 3. The lowest BCUT2D eigenvalue weighted by Gasteiger charge is -2.29. The second-order valence-corrected chi connectivity index (χ2v) is 9.30. The van der Waals surface area contributed by atoms with Crippen LogP contribution in [0.2, 0.25) is 0 Å². The van der Waals surface area contributed by atoms with Gasteiger partial charge < -0.3 is 20.7 Å². The standard InChI is InChI=1S/C22H23N5O4S/c1-15(28)26-18-2-4-20(5-3-18)32(29,30)21-11-16(17-13-24-22(23)25-14-17)10-19(12-21)27-6-8-31-9-7-27/h2-5,10-14H,6-9H2,1H3,(H,26,28)(H2,23,24,25). The Bertz CT molecular complexity index is 1220. The molecular weight excluding hydrogens is 430 g/mol. The fraction of sp³-hybridized carbons (Fsp3) is 0.227. The highest BCUT2D eigenvalue weighted by Crippen LogP contribution is 2.32. The highest BCUT2D eigenvalue weighted by Gasteiger charge is 2.22. The molecule has 9 nitrogen and oxygen atoms in total. The Morgan fingerprint density at radius 2 is 1.66 bits per heavy atom. The third kappa shape index (κ3) is 4.71. The van der Waals surface area contributed by atoms with Crippen molar-refractivity contribution in [1.29, 1.82) is 0 Å². The molecule has 0 saturated carbocycles. The smallest absolute Gasteiger partial charge is 0.221 e. The van der Waals surface area contributed by atoms with Crippen LogP contribution in [0.15, 0.2) is 64.6 Å². The summed E-state index contributed by atoms with van der Waals surface area (Å²) >= 11 is 0. The SMILES string of the molecule is CC(=O)Nc1ccc(S(=O)(=O)c2cc(-c3cnc(N)nc3)cc(N3CCOCC3)c2)cc1. The highest BCUT2D eigenvalue weighted by molar-refractivity contribution is 7.91. The number of nitrogen functional groups attached to an aromatic ring is 1. The van der Waals surface area contributed by atoms with Gasteiger partial charge in [0.1, 0.15) is 0 Å². The van der Waals surface area contributed by atoms with Crippen molar-refractivity contribution < 1.29 is 17.9 Å². The van der Waals surface area contributed by atoms with E-state index in [1.165, 1.54) is 19.1 Å². The molecule has 0 spiro atoms. The molecule has 32 heavy (non-hydrogen) atoms. The third-order valence-corrected chi connectivity index (χ3v) is 6.82. The Hall–Kier alpha value is -3.50. The molecule has 1 amide bonds. The maximum Gasteiger partial charge on any atom is 0.221 e. The first-order valence-corrected chi connectivity index (χ1v) is 11.5. The minimum atomic E-state index is -3.82. The van der Waals surface area contributed by atoms with Gasteiger partial charge in [0.25, 0.3) is 0 Å². The van der Waals surface area contributed by atoms with Crippen molar-refractivity contribution in [2.45, 2.75) is 16.7 Å². The van der Waals surface area contributed by atoms with E-state index in [4.69, 9.17) is 10.5 Å². The van der Waals surface area contributed by atoms with Crippen molar-refractivity contribution >= 4 is 33.1 Å². The molecule has 1 aliphatic rings. The van der Waals surface area contributed by atoms with E-state index in [9.17, 15) is 13.2 Å². The first-order valence-electron chi connectivity index (χ1n) is 10.0. The summed E-state index contributed by atoms with van der Waals surface area (Å²) in [7, 11) is -3.82. The van der Waals surface area contributed by atoms with E-state index in [1.54, 1.807) is 36.7 Å². The zero-order chi connectivity index (χ0) is 22.7. The summed E-state index contributed by atoms with van der Waals surface area (Å²) in [6, 6.07) is 11.3. The molecule has 2 aromatic carbocycles. The van der Waals surface area contributed by atoms with Crippen molar-refractivity contribution in [2.75, 3.05) is 42.3 Å². The number of carbonyl (C=O) groups is 1. The van der Waals surface area contributed by atoms with E-state index in [-0.39, 0.29) is 21.6 Å². The van der Waals surface area contributed by atoms with Crippen LogP contribution in [-0.2, 0) is 19.4 Å². The highest BCUT2D eigenvalue weighted by atomic mass is 32.2. The van der Waals surface area contributed by atoms with Crippen molar-refractivity contribution in [1.82, 2.24) is 9.97 Å². The fourth-order valence-electron chi connectivity index (χ4n) is 3.45. The summed E-state index contributed by atoms with van der Waals surface area (Å²) < 4.78 is 32.3. The fourth-order valence-corrected chi connectivity index (χ4v) is 4.78. The predicted molar refractivity (Wildman–Crippen MR) is 121 cm³/mol. The van der Waals surface area contributed by atoms with Crippen LogP contribution in [-0.4, -0.2) is 50.6 Å². The zero-order valence-electron chi connectivity index (χ0n) is 17.5. The van der Waals surface area contributed by atoms with Crippen LogP contribution in [0.1, 0.15) is 6.92 Å². The molecule has 1 fully saturated rings. The third-order valence-electron chi connectivity index (χ3n) is 5.07. The Morgan fingerprint density at radius 3 is 2.28 bits per heavy atom. The number of carbonyl (C=O) groups excluding carboxylic acids is 1. The number of ether oxygens (including phenoxy) is 1. The molecule has 0 aliphatic carbocycles. The largest absolute Gasteiger partial charge is 0.378 e. The molecule has 10 heteroatoms. The molecule has 0 radical (unpaired) electrons. The van der Waals surface area contributed by atoms with Gasteiger partial charge in [0.2, 0.25) is 21.7 Å². The summed E-state index contributed by atoms with van der Waals surface area (Å²) in [5.74, 6) is -0.0839. The van der Waals surface area contributed by atoms with Gasteiger partial charge in [-0.15, -0.1) is 0 Å². The number of nitrogens with two attached hydrogens (primary N) is 1. The zero-order valence-corrected chi connectivity index (χ0v) is 18.3. The second-order valence-electron chi connectivity index (χ2n) is 7.35. The van der Waals surface area contributed by atoms with Gasteiger partial charge >= 0.3 is 0 Å². The van der Waals surface area contributed by atoms with E-state index in [1.807, 2.05) is 6.07 Å². The number of nitrogens with one attached hydrogen (secondary N) is 1. The van der Waals surface area contributed by atoms with Crippen molar-refractivity contribution in [3.05, 3.63) is 54.9 Å². The van der Waals surface area contributed by atoms with Gasteiger partial charge in [0.15, 0.2) is 0 Å². The number of anilines is 3. The van der Waals surface area contributed by atoms with Gasteiger partial charge in [-0.25, -0.2) is 18.4 Å². The van der Waals surface area contributed by atoms with Crippen LogP contribution >= 0.6 is 0 Å². The maximum absolute atomic E-state index is 13.5. The number of amides is 1. The molecule has 3 aromatic rings.